The minimum Gasteiger partial charge on any atom is -0.285 e. The van der Waals surface area contributed by atoms with Crippen molar-refractivity contribution in [3.8, 4) is 0 Å². The minimum absolute atomic E-state index is 0.143. The highest BCUT2D eigenvalue weighted by Gasteiger charge is 2.40. The molecule has 3 amide bonds. The summed E-state index contributed by atoms with van der Waals surface area (Å²) in [6, 6.07) is 0. The van der Waals surface area contributed by atoms with Gasteiger partial charge in [-0.15, -0.1) is 0 Å². The maximum absolute atomic E-state index is 12.1. The second-order valence-corrected chi connectivity index (χ2v) is 7.70. The Kier molecular flexibility index (Phi) is 4.74. The summed E-state index contributed by atoms with van der Waals surface area (Å²) in [7, 11) is 0. The van der Waals surface area contributed by atoms with E-state index < -0.39 is 23.1 Å². The van der Waals surface area contributed by atoms with Crippen molar-refractivity contribution in [1.29, 1.82) is 0 Å². The molecule has 1 aliphatic rings. The van der Waals surface area contributed by atoms with Crippen molar-refractivity contribution in [3.05, 3.63) is 0 Å². The predicted molar refractivity (Wildman–Crippen MR) is 76.8 cm³/mol. The van der Waals surface area contributed by atoms with Gasteiger partial charge in [0.05, 0.1) is 13.1 Å². The minimum atomic E-state index is -0.723. The van der Waals surface area contributed by atoms with Crippen LogP contribution in [0.2, 0.25) is 0 Å². The van der Waals surface area contributed by atoms with Gasteiger partial charge in [-0.05, 0) is 18.4 Å². The van der Waals surface area contributed by atoms with Gasteiger partial charge in [-0.2, -0.15) is 0 Å². The molecule has 20 heavy (non-hydrogen) atoms. The van der Waals surface area contributed by atoms with E-state index in [0.29, 0.717) is 6.54 Å². The van der Waals surface area contributed by atoms with Crippen LogP contribution in [0.3, 0.4) is 0 Å². The Balaban J connectivity index is 2.71. The van der Waals surface area contributed by atoms with E-state index in [4.69, 9.17) is 0 Å². The Morgan fingerprint density at radius 2 is 1.45 bits per heavy atom. The topological polar surface area (TPSA) is 57.7 Å². The van der Waals surface area contributed by atoms with E-state index in [0.717, 1.165) is 11.3 Å². The Morgan fingerprint density at radius 3 is 1.80 bits per heavy atom. The van der Waals surface area contributed by atoms with Gasteiger partial charge in [-0.3, -0.25) is 19.3 Å². The molecule has 1 saturated heterocycles. The molecule has 5 nitrogen and oxygen atoms in total. The SMILES string of the molecule is CC(C)(C)CCN1CC(=O)N(C(=O)C(C)(C)C)C(=O)C1. The fourth-order valence-corrected chi connectivity index (χ4v) is 1.93. The average Bonchev–Trinajstić information content (AvgIpc) is 2.23. The third-order valence-corrected chi connectivity index (χ3v) is 3.24. The molecule has 1 heterocycles. The largest absolute Gasteiger partial charge is 0.285 e. The molecule has 1 rings (SSSR count). The molecule has 0 unspecified atom stereocenters. The third-order valence-electron chi connectivity index (χ3n) is 3.24. The van der Waals surface area contributed by atoms with Gasteiger partial charge in [-0.1, -0.05) is 41.5 Å². The van der Waals surface area contributed by atoms with Crippen molar-refractivity contribution >= 4 is 17.7 Å². The lowest BCUT2D eigenvalue weighted by molar-refractivity contribution is -0.162. The lowest BCUT2D eigenvalue weighted by Crippen LogP contribution is -2.58. The molecule has 114 valence electrons. The molecule has 0 aromatic heterocycles. The second kappa shape index (κ2) is 5.64. The van der Waals surface area contributed by atoms with Crippen LogP contribution >= 0.6 is 0 Å². The van der Waals surface area contributed by atoms with Crippen LogP contribution in [0, 0.1) is 10.8 Å². The summed E-state index contributed by atoms with van der Waals surface area (Å²) in [6.45, 7) is 12.5. The van der Waals surface area contributed by atoms with Crippen LogP contribution in [0.5, 0.6) is 0 Å². The standard InChI is InChI=1S/C15H26N2O3/c1-14(2,3)7-8-16-9-11(18)17(12(19)10-16)13(20)15(4,5)6/h7-10H2,1-6H3. The number of hydrogen-bond donors (Lipinski definition) is 0. The van der Waals surface area contributed by atoms with Gasteiger partial charge < -0.3 is 0 Å². The van der Waals surface area contributed by atoms with E-state index in [-0.39, 0.29) is 18.5 Å². The van der Waals surface area contributed by atoms with Crippen LogP contribution in [-0.2, 0) is 14.4 Å². The number of rotatable bonds is 2. The van der Waals surface area contributed by atoms with E-state index in [9.17, 15) is 14.4 Å². The summed E-state index contributed by atoms with van der Waals surface area (Å²) >= 11 is 0. The van der Waals surface area contributed by atoms with E-state index in [1.165, 1.54) is 0 Å². The zero-order chi connectivity index (χ0) is 15.7. The predicted octanol–water partition coefficient (Wildman–Crippen LogP) is 1.67. The molecule has 0 aromatic rings. The summed E-state index contributed by atoms with van der Waals surface area (Å²) in [5.74, 6) is -1.23. The van der Waals surface area contributed by atoms with Crippen LogP contribution in [0.25, 0.3) is 0 Å². The normalized spacial score (nSPS) is 18.6. The average molecular weight is 282 g/mol. The number of piperazine rings is 1. The number of carbonyl (C=O) groups excluding carboxylic acids is 3. The number of amides is 3. The van der Waals surface area contributed by atoms with Crippen molar-refractivity contribution in [2.45, 2.75) is 48.0 Å². The molecule has 1 fully saturated rings. The van der Waals surface area contributed by atoms with E-state index >= 15 is 0 Å². The summed E-state index contributed by atoms with van der Waals surface area (Å²) in [5, 5.41) is 0. The first kappa shape index (κ1) is 16.8. The van der Waals surface area contributed by atoms with E-state index in [2.05, 4.69) is 20.8 Å². The molecule has 0 aliphatic carbocycles. The molecule has 0 radical (unpaired) electrons. The maximum atomic E-state index is 12.1. The van der Waals surface area contributed by atoms with Gasteiger partial charge in [0.2, 0.25) is 17.7 Å². The van der Waals surface area contributed by atoms with Gasteiger partial charge in [0, 0.05) is 5.41 Å². The summed E-state index contributed by atoms with van der Waals surface area (Å²) in [6.07, 6.45) is 0.904. The van der Waals surface area contributed by atoms with E-state index in [1.54, 1.807) is 20.8 Å². The maximum Gasteiger partial charge on any atom is 0.250 e. The van der Waals surface area contributed by atoms with Crippen molar-refractivity contribution in [1.82, 2.24) is 9.80 Å². The summed E-state index contributed by atoms with van der Waals surface area (Å²) in [5.41, 5.74) is -0.566. The first-order chi connectivity index (χ1) is 8.92. The second-order valence-electron chi connectivity index (χ2n) is 7.70. The van der Waals surface area contributed by atoms with Crippen molar-refractivity contribution in [2.24, 2.45) is 10.8 Å². The lowest BCUT2D eigenvalue weighted by Gasteiger charge is -2.35. The Labute approximate surface area is 121 Å². The molecular weight excluding hydrogens is 256 g/mol. The van der Waals surface area contributed by atoms with Crippen molar-refractivity contribution < 1.29 is 14.4 Å². The number of hydrogen-bond acceptors (Lipinski definition) is 4. The molecular formula is C15H26N2O3. The molecule has 0 aromatic carbocycles. The summed E-state index contributed by atoms with van der Waals surface area (Å²) in [4.78, 5) is 38.9. The zero-order valence-corrected chi connectivity index (χ0v) is 13.4. The van der Waals surface area contributed by atoms with Crippen molar-refractivity contribution in [2.75, 3.05) is 19.6 Å². The molecule has 0 saturated carbocycles. The first-order valence-electron chi connectivity index (χ1n) is 7.04. The summed E-state index contributed by atoms with van der Waals surface area (Å²) < 4.78 is 0. The Morgan fingerprint density at radius 1 is 1.00 bits per heavy atom. The van der Waals surface area contributed by atoms with Crippen LogP contribution in [0.1, 0.15) is 48.0 Å². The molecule has 0 N–H and O–H groups in total. The quantitative estimate of drug-likeness (QED) is 0.723. The van der Waals surface area contributed by atoms with E-state index in [1.807, 2.05) is 4.90 Å². The van der Waals surface area contributed by atoms with Crippen LogP contribution in [0.15, 0.2) is 0 Å². The van der Waals surface area contributed by atoms with Gasteiger partial charge in [0.15, 0.2) is 0 Å². The lowest BCUT2D eigenvalue weighted by atomic mass is 9.92. The highest BCUT2D eigenvalue weighted by molar-refractivity contribution is 6.14. The molecule has 0 atom stereocenters. The number of nitrogens with zero attached hydrogens (tertiary/aromatic N) is 2. The van der Waals surface area contributed by atoms with Gasteiger partial charge in [-0.25, -0.2) is 4.90 Å². The Bertz CT molecular complexity index is 398. The zero-order valence-electron chi connectivity index (χ0n) is 13.4. The smallest absolute Gasteiger partial charge is 0.250 e. The fourth-order valence-electron chi connectivity index (χ4n) is 1.93. The highest BCUT2D eigenvalue weighted by Crippen LogP contribution is 2.22. The van der Waals surface area contributed by atoms with Gasteiger partial charge >= 0.3 is 0 Å². The number of imide groups is 3. The van der Waals surface area contributed by atoms with Crippen LogP contribution in [-0.4, -0.2) is 47.2 Å². The highest BCUT2D eigenvalue weighted by atomic mass is 16.2. The number of carbonyl (C=O) groups is 3. The molecule has 5 heteroatoms. The molecule has 0 bridgehead atoms. The Hall–Kier alpha value is -1.23. The van der Waals surface area contributed by atoms with Gasteiger partial charge in [0.1, 0.15) is 0 Å². The van der Waals surface area contributed by atoms with Crippen molar-refractivity contribution in [3.63, 3.8) is 0 Å². The third kappa shape index (κ3) is 4.40. The monoisotopic (exact) mass is 282 g/mol. The first-order valence-corrected chi connectivity index (χ1v) is 7.04. The van der Waals surface area contributed by atoms with Gasteiger partial charge in [0.25, 0.3) is 0 Å². The van der Waals surface area contributed by atoms with Crippen LogP contribution < -0.4 is 0 Å². The molecule has 1 aliphatic heterocycles. The molecule has 0 spiro atoms. The fraction of sp³-hybridized carbons (Fsp3) is 0.800. The van der Waals surface area contributed by atoms with Crippen LogP contribution in [0.4, 0.5) is 0 Å².